The maximum atomic E-state index is 13.4. The van der Waals surface area contributed by atoms with E-state index in [4.69, 9.17) is 0 Å². The number of halogens is 1. The normalized spacial score (nSPS) is 16.0. The molecule has 0 N–H and O–H groups in total. The summed E-state index contributed by atoms with van der Waals surface area (Å²) in [5.74, 6) is 1.54. The number of carbonyl (C=O) groups excluding carboxylic acids is 1. The number of hydrogen-bond donors (Lipinski definition) is 0. The second kappa shape index (κ2) is 5.78. The molecule has 17 heavy (non-hydrogen) atoms. The first-order valence-electron chi connectivity index (χ1n) is 5.42. The number of amides is 1. The minimum atomic E-state index is -0.341. The Balaban J connectivity index is 2.20. The van der Waals surface area contributed by atoms with Gasteiger partial charge >= 0.3 is 0 Å². The van der Waals surface area contributed by atoms with E-state index in [-0.39, 0.29) is 11.7 Å². The molecule has 1 heterocycles. The highest BCUT2D eigenvalue weighted by atomic mass is 32.2. The molecule has 5 heteroatoms. The number of thioether (sulfide) groups is 2. The van der Waals surface area contributed by atoms with Gasteiger partial charge in [-0.05, 0) is 24.5 Å². The van der Waals surface area contributed by atoms with Crippen molar-refractivity contribution in [3.05, 3.63) is 29.6 Å². The van der Waals surface area contributed by atoms with Gasteiger partial charge in [-0.1, -0.05) is 0 Å². The van der Waals surface area contributed by atoms with Crippen LogP contribution in [0.2, 0.25) is 0 Å². The molecule has 0 aliphatic carbocycles. The standard InChI is InChI=1S/C12H14FNOS2/c1-16-11-7-9(6-10(13)8-11)12(15)14-2-4-17-5-3-14/h6-8H,2-5H2,1H3. The van der Waals surface area contributed by atoms with E-state index in [1.807, 2.05) is 18.0 Å². The van der Waals surface area contributed by atoms with E-state index >= 15 is 0 Å². The van der Waals surface area contributed by atoms with Gasteiger partial charge in [0.15, 0.2) is 0 Å². The third-order valence-corrected chi connectivity index (χ3v) is 4.30. The van der Waals surface area contributed by atoms with Crippen molar-refractivity contribution in [3.8, 4) is 0 Å². The fourth-order valence-corrected chi connectivity index (χ4v) is 3.13. The molecule has 92 valence electrons. The minimum absolute atomic E-state index is 0.0555. The molecule has 0 saturated carbocycles. The summed E-state index contributed by atoms with van der Waals surface area (Å²) in [7, 11) is 0. The van der Waals surface area contributed by atoms with Crippen molar-refractivity contribution < 1.29 is 9.18 Å². The summed E-state index contributed by atoms with van der Waals surface area (Å²) < 4.78 is 13.4. The van der Waals surface area contributed by atoms with E-state index in [0.717, 1.165) is 29.5 Å². The SMILES string of the molecule is CSc1cc(F)cc(C(=O)N2CCSCC2)c1. The largest absolute Gasteiger partial charge is 0.337 e. The molecule has 2 nitrogen and oxygen atoms in total. The smallest absolute Gasteiger partial charge is 0.254 e. The number of benzene rings is 1. The Labute approximate surface area is 109 Å². The van der Waals surface area contributed by atoms with Gasteiger partial charge in [0.25, 0.3) is 5.91 Å². The molecule has 1 aromatic rings. The molecule has 0 radical (unpaired) electrons. The fraction of sp³-hybridized carbons (Fsp3) is 0.417. The third kappa shape index (κ3) is 3.16. The molecule has 0 aromatic heterocycles. The van der Waals surface area contributed by atoms with E-state index in [1.54, 1.807) is 11.0 Å². The Hall–Kier alpha value is -0.680. The van der Waals surface area contributed by atoms with Crippen molar-refractivity contribution in [2.75, 3.05) is 30.9 Å². The molecule has 0 unspecified atom stereocenters. The lowest BCUT2D eigenvalue weighted by molar-refractivity contribution is 0.0771. The number of rotatable bonds is 2. The molecule has 0 bridgehead atoms. The van der Waals surface area contributed by atoms with E-state index < -0.39 is 0 Å². The monoisotopic (exact) mass is 271 g/mol. The van der Waals surface area contributed by atoms with Crippen molar-refractivity contribution >= 4 is 29.4 Å². The van der Waals surface area contributed by atoms with Gasteiger partial charge in [-0.15, -0.1) is 11.8 Å². The summed E-state index contributed by atoms with van der Waals surface area (Å²) in [6.07, 6.45) is 1.88. The van der Waals surface area contributed by atoms with Crippen LogP contribution in [0.3, 0.4) is 0 Å². The highest BCUT2D eigenvalue weighted by Gasteiger charge is 2.19. The van der Waals surface area contributed by atoms with Crippen LogP contribution < -0.4 is 0 Å². The molecule has 1 amide bonds. The third-order valence-electron chi connectivity index (χ3n) is 2.65. The summed E-state index contributed by atoms with van der Waals surface area (Å²) in [4.78, 5) is 14.8. The van der Waals surface area contributed by atoms with Gasteiger partial charge in [-0.3, -0.25) is 4.79 Å². The zero-order valence-corrected chi connectivity index (χ0v) is 11.2. The quantitative estimate of drug-likeness (QED) is 0.771. The zero-order valence-electron chi connectivity index (χ0n) is 9.61. The van der Waals surface area contributed by atoms with Crippen LogP contribution in [0.4, 0.5) is 4.39 Å². The van der Waals surface area contributed by atoms with Crippen molar-refractivity contribution in [1.29, 1.82) is 0 Å². The molecule has 2 rings (SSSR count). The lowest BCUT2D eigenvalue weighted by Crippen LogP contribution is -2.37. The summed E-state index contributed by atoms with van der Waals surface area (Å²) in [6.45, 7) is 1.52. The molecule has 1 aromatic carbocycles. The maximum Gasteiger partial charge on any atom is 0.254 e. The van der Waals surface area contributed by atoms with Gasteiger partial charge in [0, 0.05) is 35.1 Å². The Kier molecular flexibility index (Phi) is 4.34. The average molecular weight is 271 g/mol. The summed E-state index contributed by atoms with van der Waals surface area (Å²) in [5.41, 5.74) is 0.459. The second-order valence-corrected chi connectivity index (χ2v) is 5.89. The molecule has 1 aliphatic rings. The van der Waals surface area contributed by atoms with Gasteiger partial charge in [-0.25, -0.2) is 4.39 Å². The van der Waals surface area contributed by atoms with Crippen LogP contribution in [0.5, 0.6) is 0 Å². The van der Waals surface area contributed by atoms with Crippen molar-refractivity contribution in [3.63, 3.8) is 0 Å². The molecule has 1 fully saturated rings. The number of hydrogen-bond acceptors (Lipinski definition) is 3. The highest BCUT2D eigenvalue weighted by Crippen LogP contribution is 2.20. The number of nitrogens with zero attached hydrogens (tertiary/aromatic N) is 1. The first-order valence-corrected chi connectivity index (χ1v) is 7.80. The first kappa shape index (κ1) is 12.8. The van der Waals surface area contributed by atoms with E-state index in [0.29, 0.717) is 5.56 Å². The van der Waals surface area contributed by atoms with Gasteiger partial charge < -0.3 is 4.90 Å². The molecular formula is C12H14FNOS2. The van der Waals surface area contributed by atoms with Crippen molar-refractivity contribution in [2.45, 2.75) is 4.90 Å². The molecule has 1 aliphatic heterocycles. The lowest BCUT2D eigenvalue weighted by atomic mass is 10.2. The maximum absolute atomic E-state index is 13.4. The van der Waals surface area contributed by atoms with Crippen LogP contribution in [-0.2, 0) is 0 Å². The van der Waals surface area contributed by atoms with Gasteiger partial charge in [-0.2, -0.15) is 11.8 Å². The van der Waals surface area contributed by atoms with E-state index in [2.05, 4.69) is 0 Å². The van der Waals surface area contributed by atoms with Gasteiger partial charge in [0.05, 0.1) is 0 Å². The van der Waals surface area contributed by atoms with Crippen LogP contribution in [0.15, 0.2) is 23.1 Å². The number of carbonyl (C=O) groups is 1. The van der Waals surface area contributed by atoms with Crippen LogP contribution in [0.25, 0.3) is 0 Å². The van der Waals surface area contributed by atoms with Crippen LogP contribution in [0.1, 0.15) is 10.4 Å². The van der Waals surface area contributed by atoms with Gasteiger partial charge in [0.2, 0.25) is 0 Å². The fourth-order valence-electron chi connectivity index (χ4n) is 1.75. The molecular weight excluding hydrogens is 257 g/mol. The zero-order chi connectivity index (χ0) is 12.3. The first-order chi connectivity index (χ1) is 8.20. The van der Waals surface area contributed by atoms with Crippen LogP contribution >= 0.6 is 23.5 Å². The van der Waals surface area contributed by atoms with E-state index in [1.165, 1.54) is 23.9 Å². The lowest BCUT2D eigenvalue weighted by Gasteiger charge is -2.26. The van der Waals surface area contributed by atoms with E-state index in [9.17, 15) is 9.18 Å². The Morgan fingerprint density at radius 2 is 2.06 bits per heavy atom. The second-order valence-electron chi connectivity index (χ2n) is 3.78. The van der Waals surface area contributed by atoms with Crippen molar-refractivity contribution in [2.24, 2.45) is 0 Å². The average Bonchev–Trinajstić information content (AvgIpc) is 2.38. The Morgan fingerprint density at radius 3 is 2.71 bits per heavy atom. The van der Waals surface area contributed by atoms with Gasteiger partial charge in [0.1, 0.15) is 5.82 Å². The summed E-state index contributed by atoms with van der Waals surface area (Å²) in [6, 6.07) is 4.54. The molecule has 0 spiro atoms. The topological polar surface area (TPSA) is 20.3 Å². The van der Waals surface area contributed by atoms with Crippen LogP contribution in [-0.4, -0.2) is 41.7 Å². The summed E-state index contributed by atoms with van der Waals surface area (Å²) >= 11 is 3.30. The predicted molar refractivity (Wildman–Crippen MR) is 71.4 cm³/mol. The highest BCUT2D eigenvalue weighted by molar-refractivity contribution is 7.99. The molecule has 0 atom stereocenters. The Bertz CT molecular complexity index is 419. The van der Waals surface area contributed by atoms with Crippen LogP contribution in [0, 0.1) is 5.82 Å². The Morgan fingerprint density at radius 1 is 1.35 bits per heavy atom. The summed E-state index contributed by atoms with van der Waals surface area (Å²) in [5, 5.41) is 0. The minimum Gasteiger partial charge on any atom is -0.337 e. The predicted octanol–water partition coefficient (Wildman–Crippen LogP) is 2.74. The molecule has 1 saturated heterocycles. The van der Waals surface area contributed by atoms with Crippen molar-refractivity contribution in [1.82, 2.24) is 4.90 Å².